The second-order valence-corrected chi connectivity index (χ2v) is 5.94. The summed E-state index contributed by atoms with van der Waals surface area (Å²) in [6.07, 6.45) is 3.29. The van der Waals surface area contributed by atoms with Gasteiger partial charge < -0.3 is 10.0 Å². The molecule has 0 aliphatic carbocycles. The molecular weight excluding hydrogens is 258 g/mol. The van der Waals surface area contributed by atoms with E-state index in [0.29, 0.717) is 18.4 Å². The van der Waals surface area contributed by atoms with Crippen molar-refractivity contribution in [3.63, 3.8) is 0 Å². The SMILES string of the molecule is CN(C)CCCC(=CCCCS(=O)(=O)O)C(=O)O. The van der Waals surface area contributed by atoms with Crippen molar-refractivity contribution in [3.8, 4) is 0 Å². The Balaban J connectivity index is 4.13. The summed E-state index contributed by atoms with van der Waals surface area (Å²) in [5.74, 6) is -1.31. The normalized spacial score (nSPS) is 13.0. The molecule has 0 radical (unpaired) electrons. The molecule has 0 aromatic heterocycles. The van der Waals surface area contributed by atoms with E-state index in [4.69, 9.17) is 9.66 Å². The number of unbranched alkanes of at least 4 members (excludes halogenated alkanes) is 1. The highest BCUT2D eigenvalue weighted by atomic mass is 32.2. The van der Waals surface area contributed by atoms with Crippen LogP contribution in [0, 0.1) is 0 Å². The van der Waals surface area contributed by atoms with Crippen molar-refractivity contribution < 1.29 is 22.9 Å². The number of carbonyl (C=O) groups is 1. The Kier molecular flexibility index (Phi) is 7.81. The number of nitrogens with zero attached hydrogens (tertiary/aromatic N) is 1. The minimum atomic E-state index is -3.95. The third-order valence-electron chi connectivity index (χ3n) is 2.32. The highest BCUT2D eigenvalue weighted by Gasteiger charge is 2.08. The smallest absolute Gasteiger partial charge is 0.331 e. The lowest BCUT2D eigenvalue weighted by atomic mass is 10.1. The average Bonchev–Trinajstić information content (AvgIpc) is 2.19. The van der Waals surface area contributed by atoms with E-state index in [0.717, 1.165) is 13.0 Å². The van der Waals surface area contributed by atoms with Crippen LogP contribution < -0.4 is 0 Å². The summed E-state index contributed by atoms with van der Waals surface area (Å²) < 4.78 is 29.5. The van der Waals surface area contributed by atoms with Crippen molar-refractivity contribution in [2.75, 3.05) is 26.4 Å². The maximum Gasteiger partial charge on any atom is 0.331 e. The number of carboxylic acid groups (broad SMARTS) is 1. The lowest BCUT2D eigenvalue weighted by Crippen LogP contribution is -2.14. The van der Waals surface area contributed by atoms with Crippen LogP contribution in [0.25, 0.3) is 0 Å². The van der Waals surface area contributed by atoms with Crippen molar-refractivity contribution in [2.24, 2.45) is 0 Å². The van der Waals surface area contributed by atoms with Crippen LogP contribution in [0.4, 0.5) is 0 Å². The summed E-state index contributed by atoms with van der Waals surface area (Å²) in [7, 11) is -0.128. The summed E-state index contributed by atoms with van der Waals surface area (Å²) in [6, 6.07) is 0. The van der Waals surface area contributed by atoms with Crippen LogP contribution in [0.3, 0.4) is 0 Å². The summed E-state index contributed by atoms with van der Waals surface area (Å²) >= 11 is 0. The number of carboxylic acids is 1. The Bertz CT molecular complexity index is 386. The molecule has 0 heterocycles. The van der Waals surface area contributed by atoms with E-state index in [-0.39, 0.29) is 12.2 Å². The predicted molar refractivity (Wildman–Crippen MR) is 69.2 cm³/mol. The zero-order chi connectivity index (χ0) is 14.2. The van der Waals surface area contributed by atoms with E-state index in [9.17, 15) is 13.2 Å². The first-order valence-corrected chi connectivity index (χ1v) is 7.35. The first kappa shape index (κ1) is 17.1. The summed E-state index contributed by atoms with van der Waals surface area (Å²) in [5, 5.41) is 8.95. The Labute approximate surface area is 108 Å². The van der Waals surface area contributed by atoms with Gasteiger partial charge >= 0.3 is 5.97 Å². The van der Waals surface area contributed by atoms with Crippen LogP contribution in [0.15, 0.2) is 11.6 Å². The van der Waals surface area contributed by atoms with Crippen LogP contribution in [0.1, 0.15) is 25.7 Å². The second kappa shape index (κ2) is 8.23. The molecule has 106 valence electrons. The van der Waals surface area contributed by atoms with Crippen LogP contribution in [0.2, 0.25) is 0 Å². The van der Waals surface area contributed by atoms with Gasteiger partial charge in [-0.3, -0.25) is 4.55 Å². The zero-order valence-electron chi connectivity index (χ0n) is 10.8. The van der Waals surface area contributed by atoms with Gasteiger partial charge in [0.15, 0.2) is 0 Å². The standard InChI is InChI=1S/C11H21NO5S/c1-12(2)8-5-7-10(11(13)14)6-3-4-9-18(15,16)17/h6H,3-5,7-9H2,1-2H3,(H,13,14)(H,15,16,17). The maximum atomic E-state index is 10.9. The van der Waals surface area contributed by atoms with Crippen LogP contribution in [-0.2, 0) is 14.9 Å². The molecular formula is C11H21NO5S. The maximum absolute atomic E-state index is 10.9. The molecule has 0 aliphatic rings. The summed E-state index contributed by atoms with van der Waals surface area (Å²) in [4.78, 5) is 12.9. The molecule has 0 amide bonds. The monoisotopic (exact) mass is 279 g/mol. The van der Waals surface area contributed by atoms with Crippen molar-refractivity contribution in [2.45, 2.75) is 25.7 Å². The van der Waals surface area contributed by atoms with Gasteiger partial charge in [0, 0.05) is 5.57 Å². The Hall–Kier alpha value is -0.920. The number of hydrogen-bond donors (Lipinski definition) is 2. The van der Waals surface area contributed by atoms with Gasteiger partial charge in [0.25, 0.3) is 10.1 Å². The predicted octanol–water partition coefficient (Wildman–Crippen LogP) is 1.01. The molecule has 0 fully saturated rings. The van der Waals surface area contributed by atoms with E-state index in [1.54, 1.807) is 0 Å². The third-order valence-corrected chi connectivity index (χ3v) is 3.13. The molecule has 0 bridgehead atoms. The Morgan fingerprint density at radius 2 is 1.89 bits per heavy atom. The summed E-state index contributed by atoms with van der Waals surface area (Å²) in [6.45, 7) is 0.801. The molecule has 0 atom stereocenters. The molecule has 0 spiro atoms. The van der Waals surface area contributed by atoms with E-state index in [1.807, 2.05) is 19.0 Å². The highest BCUT2D eigenvalue weighted by Crippen LogP contribution is 2.09. The first-order chi connectivity index (χ1) is 8.22. The van der Waals surface area contributed by atoms with Crippen LogP contribution in [-0.4, -0.2) is 55.3 Å². The fourth-order valence-corrected chi connectivity index (χ4v) is 1.96. The zero-order valence-corrected chi connectivity index (χ0v) is 11.6. The van der Waals surface area contributed by atoms with Gasteiger partial charge in [-0.15, -0.1) is 0 Å². The molecule has 0 rings (SSSR count). The van der Waals surface area contributed by atoms with E-state index >= 15 is 0 Å². The molecule has 0 saturated heterocycles. The molecule has 2 N–H and O–H groups in total. The number of aliphatic carboxylic acids is 1. The van der Waals surface area contributed by atoms with Crippen molar-refractivity contribution >= 4 is 16.1 Å². The van der Waals surface area contributed by atoms with Gasteiger partial charge in [-0.05, 0) is 46.3 Å². The first-order valence-electron chi connectivity index (χ1n) is 5.74. The quantitative estimate of drug-likeness (QED) is 0.371. The molecule has 0 aromatic carbocycles. The minimum Gasteiger partial charge on any atom is -0.478 e. The second-order valence-electron chi connectivity index (χ2n) is 4.37. The Morgan fingerprint density at radius 3 is 2.33 bits per heavy atom. The average molecular weight is 279 g/mol. The highest BCUT2D eigenvalue weighted by molar-refractivity contribution is 7.85. The minimum absolute atomic E-state index is 0.225. The lowest BCUT2D eigenvalue weighted by molar-refractivity contribution is -0.132. The van der Waals surface area contributed by atoms with E-state index in [1.165, 1.54) is 6.08 Å². The van der Waals surface area contributed by atoms with Crippen LogP contribution >= 0.6 is 0 Å². The molecule has 0 saturated carbocycles. The van der Waals surface area contributed by atoms with Crippen molar-refractivity contribution in [1.29, 1.82) is 0 Å². The van der Waals surface area contributed by atoms with Crippen molar-refractivity contribution in [1.82, 2.24) is 4.90 Å². The molecule has 7 heteroatoms. The molecule has 18 heavy (non-hydrogen) atoms. The molecule has 6 nitrogen and oxygen atoms in total. The van der Waals surface area contributed by atoms with Gasteiger partial charge in [-0.1, -0.05) is 6.08 Å². The largest absolute Gasteiger partial charge is 0.478 e. The third kappa shape index (κ3) is 10.2. The number of rotatable bonds is 9. The van der Waals surface area contributed by atoms with E-state index < -0.39 is 16.1 Å². The van der Waals surface area contributed by atoms with Gasteiger partial charge in [0.1, 0.15) is 0 Å². The van der Waals surface area contributed by atoms with Gasteiger partial charge in [0.2, 0.25) is 0 Å². The number of hydrogen-bond acceptors (Lipinski definition) is 4. The summed E-state index contributed by atoms with van der Waals surface area (Å²) in [5.41, 5.74) is 0.298. The van der Waals surface area contributed by atoms with Gasteiger partial charge in [-0.2, -0.15) is 8.42 Å². The lowest BCUT2D eigenvalue weighted by Gasteiger charge is -2.09. The Morgan fingerprint density at radius 1 is 1.28 bits per heavy atom. The van der Waals surface area contributed by atoms with E-state index in [2.05, 4.69) is 0 Å². The van der Waals surface area contributed by atoms with Gasteiger partial charge in [-0.25, -0.2) is 4.79 Å². The molecule has 0 unspecified atom stereocenters. The fraction of sp³-hybridized carbons (Fsp3) is 0.727. The molecule has 0 aliphatic heterocycles. The topological polar surface area (TPSA) is 94.9 Å². The van der Waals surface area contributed by atoms with Crippen molar-refractivity contribution in [3.05, 3.63) is 11.6 Å². The number of allylic oxidation sites excluding steroid dienone is 1. The molecule has 0 aromatic rings. The van der Waals surface area contributed by atoms with Crippen LogP contribution in [0.5, 0.6) is 0 Å². The fourth-order valence-electron chi connectivity index (χ4n) is 1.42. The van der Waals surface area contributed by atoms with Gasteiger partial charge in [0.05, 0.1) is 5.75 Å².